The molecule has 1 aromatic rings. The fourth-order valence-electron chi connectivity index (χ4n) is 1.22. The molecule has 1 N–H and O–H groups in total. The van der Waals surface area contributed by atoms with E-state index in [9.17, 15) is 4.79 Å². The van der Waals surface area contributed by atoms with Gasteiger partial charge < -0.3 is 5.11 Å². The first kappa shape index (κ1) is 9.99. The van der Waals surface area contributed by atoms with Gasteiger partial charge in [-0.1, -0.05) is 13.0 Å². The van der Waals surface area contributed by atoms with E-state index in [0.29, 0.717) is 12.0 Å². The normalized spacial score (nSPS) is 12.5. The molecule has 0 spiro atoms. The van der Waals surface area contributed by atoms with Gasteiger partial charge in [-0.25, -0.2) is 4.79 Å². The number of carboxylic acids is 1. The summed E-state index contributed by atoms with van der Waals surface area (Å²) in [4.78, 5) is 11.9. The Labute approximate surface area is 81.5 Å². The zero-order valence-corrected chi connectivity index (χ0v) is 8.52. The zero-order chi connectivity index (χ0) is 9.84. The maximum Gasteiger partial charge on any atom is 0.331 e. The minimum absolute atomic E-state index is 0.502. The lowest BCUT2D eigenvalue weighted by Crippen LogP contribution is -2.01. The Balaban J connectivity index is 3.09. The molecule has 0 radical (unpaired) electrons. The largest absolute Gasteiger partial charge is 0.478 e. The molecule has 0 fully saturated rings. The standard InChI is InChI=1S/C10H12O2S/c1-3-8(10(11)12)7(2)9-5-4-6-13-9/h4-6H,3H2,1-2H3,(H,11,12)/b8-7-. The highest BCUT2D eigenvalue weighted by Gasteiger charge is 2.10. The Morgan fingerprint density at radius 3 is 2.69 bits per heavy atom. The second kappa shape index (κ2) is 4.23. The van der Waals surface area contributed by atoms with Gasteiger partial charge in [0.2, 0.25) is 0 Å². The summed E-state index contributed by atoms with van der Waals surface area (Å²) in [5.74, 6) is -0.812. The first-order valence-corrected chi connectivity index (χ1v) is 5.01. The predicted molar refractivity (Wildman–Crippen MR) is 54.8 cm³/mol. The maximum absolute atomic E-state index is 10.8. The van der Waals surface area contributed by atoms with Gasteiger partial charge in [-0.2, -0.15) is 0 Å². The lowest BCUT2D eigenvalue weighted by Gasteiger charge is -2.03. The Morgan fingerprint density at radius 1 is 1.62 bits per heavy atom. The van der Waals surface area contributed by atoms with Crippen molar-refractivity contribution in [2.24, 2.45) is 0 Å². The topological polar surface area (TPSA) is 37.3 Å². The highest BCUT2D eigenvalue weighted by molar-refractivity contribution is 7.11. The number of carbonyl (C=O) groups is 1. The third-order valence-electron chi connectivity index (χ3n) is 1.96. The number of thiophene rings is 1. The van der Waals surface area contributed by atoms with Crippen LogP contribution in [0, 0.1) is 0 Å². The molecule has 2 nitrogen and oxygen atoms in total. The van der Waals surface area contributed by atoms with Gasteiger partial charge in [0.15, 0.2) is 0 Å². The number of hydrogen-bond acceptors (Lipinski definition) is 2. The Morgan fingerprint density at radius 2 is 2.31 bits per heavy atom. The fraction of sp³-hybridized carbons (Fsp3) is 0.300. The van der Waals surface area contributed by atoms with Gasteiger partial charge in [0.25, 0.3) is 0 Å². The SMILES string of the molecule is CC/C(C(=O)O)=C(\C)c1cccs1. The summed E-state index contributed by atoms with van der Waals surface area (Å²) in [5.41, 5.74) is 1.38. The summed E-state index contributed by atoms with van der Waals surface area (Å²) in [6.45, 7) is 3.72. The second-order valence-electron chi connectivity index (χ2n) is 2.74. The zero-order valence-electron chi connectivity index (χ0n) is 7.70. The highest BCUT2D eigenvalue weighted by atomic mass is 32.1. The fourth-order valence-corrected chi connectivity index (χ4v) is 1.98. The van der Waals surface area contributed by atoms with Crippen molar-refractivity contribution >= 4 is 22.9 Å². The van der Waals surface area contributed by atoms with Crippen molar-refractivity contribution in [2.75, 3.05) is 0 Å². The van der Waals surface area contributed by atoms with E-state index in [1.165, 1.54) is 0 Å². The van der Waals surface area contributed by atoms with Crippen molar-refractivity contribution in [1.82, 2.24) is 0 Å². The molecule has 1 rings (SSSR count). The van der Waals surface area contributed by atoms with Gasteiger partial charge in [-0.3, -0.25) is 0 Å². The van der Waals surface area contributed by atoms with Gasteiger partial charge in [-0.15, -0.1) is 11.3 Å². The molecule has 0 atom stereocenters. The Hall–Kier alpha value is -1.09. The number of hydrogen-bond donors (Lipinski definition) is 1. The van der Waals surface area contributed by atoms with E-state index in [0.717, 1.165) is 10.5 Å². The minimum atomic E-state index is -0.812. The van der Waals surface area contributed by atoms with Crippen LogP contribution in [0.4, 0.5) is 0 Å². The molecule has 0 unspecified atom stereocenters. The van der Waals surface area contributed by atoms with Gasteiger partial charge in [0.1, 0.15) is 0 Å². The molecule has 0 aromatic carbocycles. The van der Waals surface area contributed by atoms with E-state index in [-0.39, 0.29) is 0 Å². The lowest BCUT2D eigenvalue weighted by atomic mass is 10.1. The monoisotopic (exact) mass is 196 g/mol. The van der Waals surface area contributed by atoms with Crippen LogP contribution in [0.1, 0.15) is 25.1 Å². The summed E-state index contributed by atoms with van der Waals surface area (Å²) < 4.78 is 0. The predicted octanol–water partition coefficient (Wildman–Crippen LogP) is 3.02. The second-order valence-corrected chi connectivity index (χ2v) is 3.69. The average Bonchev–Trinajstić information content (AvgIpc) is 2.56. The molecular formula is C10H12O2S. The van der Waals surface area contributed by atoms with Crippen LogP contribution in [0.2, 0.25) is 0 Å². The molecule has 0 saturated carbocycles. The molecule has 1 heterocycles. The van der Waals surface area contributed by atoms with E-state index < -0.39 is 5.97 Å². The number of rotatable bonds is 3. The van der Waals surface area contributed by atoms with Crippen LogP contribution in [-0.4, -0.2) is 11.1 Å². The van der Waals surface area contributed by atoms with Gasteiger partial charge >= 0.3 is 5.97 Å². The van der Waals surface area contributed by atoms with Crippen molar-refractivity contribution in [3.63, 3.8) is 0 Å². The molecule has 1 aromatic heterocycles. The summed E-state index contributed by atoms with van der Waals surface area (Å²) >= 11 is 1.57. The summed E-state index contributed by atoms with van der Waals surface area (Å²) in [6, 6.07) is 3.87. The van der Waals surface area contributed by atoms with E-state index in [1.807, 2.05) is 31.4 Å². The third kappa shape index (κ3) is 2.18. The molecule has 0 bridgehead atoms. The van der Waals surface area contributed by atoms with Crippen molar-refractivity contribution in [2.45, 2.75) is 20.3 Å². The van der Waals surface area contributed by atoms with Crippen LogP contribution in [0.3, 0.4) is 0 Å². The molecule has 13 heavy (non-hydrogen) atoms. The lowest BCUT2D eigenvalue weighted by molar-refractivity contribution is -0.132. The maximum atomic E-state index is 10.8. The third-order valence-corrected chi connectivity index (χ3v) is 2.94. The smallest absolute Gasteiger partial charge is 0.331 e. The number of allylic oxidation sites excluding steroid dienone is 1. The average molecular weight is 196 g/mol. The molecule has 0 saturated heterocycles. The van der Waals surface area contributed by atoms with Gasteiger partial charge in [0.05, 0.1) is 0 Å². The van der Waals surface area contributed by atoms with Crippen molar-refractivity contribution in [3.05, 3.63) is 28.0 Å². The molecule has 0 aliphatic heterocycles. The van der Waals surface area contributed by atoms with Crippen LogP contribution in [0.15, 0.2) is 23.1 Å². The van der Waals surface area contributed by atoms with E-state index in [2.05, 4.69) is 0 Å². The molecule has 0 amide bonds. The van der Waals surface area contributed by atoms with E-state index in [1.54, 1.807) is 11.3 Å². The van der Waals surface area contributed by atoms with E-state index >= 15 is 0 Å². The summed E-state index contributed by atoms with van der Waals surface area (Å²) in [5, 5.41) is 10.8. The molecule has 0 aliphatic carbocycles. The van der Waals surface area contributed by atoms with E-state index in [4.69, 9.17) is 5.11 Å². The quantitative estimate of drug-likeness (QED) is 0.754. The summed E-state index contributed by atoms with van der Waals surface area (Å²) in [6.07, 6.45) is 0.569. The summed E-state index contributed by atoms with van der Waals surface area (Å²) in [7, 11) is 0. The Kier molecular flexibility index (Phi) is 3.25. The van der Waals surface area contributed by atoms with Crippen LogP contribution < -0.4 is 0 Å². The van der Waals surface area contributed by atoms with Crippen LogP contribution in [0.5, 0.6) is 0 Å². The minimum Gasteiger partial charge on any atom is -0.478 e. The first-order chi connectivity index (χ1) is 6.16. The van der Waals surface area contributed by atoms with Crippen molar-refractivity contribution in [1.29, 1.82) is 0 Å². The molecule has 3 heteroatoms. The van der Waals surface area contributed by atoms with Crippen LogP contribution in [-0.2, 0) is 4.79 Å². The van der Waals surface area contributed by atoms with Crippen molar-refractivity contribution < 1.29 is 9.90 Å². The highest BCUT2D eigenvalue weighted by Crippen LogP contribution is 2.24. The molecule has 0 aliphatic rings. The van der Waals surface area contributed by atoms with Gasteiger partial charge in [-0.05, 0) is 30.4 Å². The molecular weight excluding hydrogens is 184 g/mol. The first-order valence-electron chi connectivity index (χ1n) is 4.13. The number of aliphatic carboxylic acids is 1. The van der Waals surface area contributed by atoms with Crippen LogP contribution >= 0.6 is 11.3 Å². The van der Waals surface area contributed by atoms with Crippen molar-refractivity contribution in [3.8, 4) is 0 Å². The Bertz CT molecular complexity index is 323. The molecule has 70 valence electrons. The number of carboxylic acid groups (broad SMARTS) is 1. The van der Waals surface area contributed by atoms with Crippen LogP contribution in [0.25, 0.3) is 5.57 Å². The van der Waals surface area contributed by atoms with Gasteiger partial charge in [0, 0.05) is 10.5 Å².